The van der Waals surface area contributed by atoms with Crippen LogP contribution in [-0.2, 0) is 11.3 Å². The summed E-state index contributed by atoms with van der Waals surface area (Å²) in [6.07, 6.45) is 1.57. The van der Waals surface area contributed by atoms with Crippen LogP contribution < -0.4 is 15.2 Å². The molecule has 1 amide bonds. The summed E-state index contributed by atoms with van der Waals surface area (Å²) in [6.45, 7) is 3.18. The van der Waals surface area contributed by atoms with E-state index in [1.165, 1.54) is 23.1 Å². The van der Waals surface area contributed by atoms with E-state index in [-0.39, 0.29) is 23.8 Å². The first-order valence-electron chi connectivity index (χ1n) is 10.6. The van der Waals surface area contributed by atoms with Gasteiger partial charge in [-0.05, 0) is 48.2 Å². The monoisotopic (exact) mass is 493 g/mol. The number of benzene rings is 1. The first-order chi connectivity index (χ1) is 16.6. The molecule has 0 saturated carbocycles. The Hall–Kier alpha value is -3.57. The summed E-state index contributed by atoms with van der Waals surface area (Å²) in [5.41, 5.74) is 2.44. The maximum absolute atomic E-state index is 13.2. The summed E-state index contributed by atoms with van der Waals surface area (Å²) >= 11 is 2.67. The first-order valence-corrected chi connectivity index (χ1v) is 12.5. The van der Waals surface area contributed by atoms with Crippen molar-refractivity contribution < 1.29 is 13.9 Å². The number of thioether (sulfide) groups is 1. The van der Waals surface area contributed by atoms with Crippen molar-refractivity contribution in [3.05, 3.63) is 69.7 Å². The number of thiophene rings is 1. The molecule has 0 atom stereocenters. The van der Waals surface area contributed by atoms with E-state index >= 15 is 0 Å². The Bertz CT molecular complexity index is 1580. The second-order valence-corrected chi connectivity index (χ2v) is 9.74. The summed E-state index contributed by atoms with van der Waals surface area (Å²) in [5, 5.41) is 11.1. The van der Waals surface area contributed by atoms with Gasteiger partial charge in [-0.3, -0.25) is 18.6 Å². The zero-order chi connectivity index (χ0) is 23.2. The van der Waals surface area contributed by atoms with Gasteiger partial charge in [0.2, 0.25) is 11.7 Å². The Kier molecular flexibility index (Phi) is 5.15. The molecule has 0 fully saturated rings. The van der Waals surface area contributed by atoms with Gasteiger partial charge in [0.15, 0.2) is 5.16 Å². The van der Waals surface area contributed by atoms with Crippen LogP contribution in [0.3, 0.4) is 0 Å². The minimum atomic E-state index is -0.144. The largest absolute Gasteiger partial charge is 0.490 e. The van der Waals surface area contributed by atoms with Gasteiger partial charge in [0, 0.05) is 0 Å². The van der Waals surface area contributed by atoms with Crippen LogP contribution in [0.2, 0.25) is 0 Å². The highest BCUT2D eigenvalue weighted by atomic mass is 32.2. The molecule has 1 aromatic carbocycles. The van der Waals surface area contributed by atoms with Crippen molar-refractivity contribution in [3.8, 4) is 5.75 Å². The van der Waals surface area contributed by atoms with E-state index in [9.17, 15) is 9.59 Å². The Balaban J connectivity index is 1.34. The van der Waals surface area contributed by atoms with Crippen LogP contribution in [0, 0.1) is 6.92 Å². The molecule has 1 aliphatic heterocycles. The lowest BCUT2D eigenvalue weighted by Crippen LogP contribution is -2.39. The van der Waals surface area contributed by atoms with Gasteiger partial charge >= 0.3 is 0 Å². The number of ether oxygens (including phenoxy) is 1. The molecule has 5 aromatic rings. The third kappa shape index (κ3) is 3.48. The van der Waals surface area contributed by atoms with Gasteiger partial charge in [-0.25, -0.2) is 0 Å². The number of hydrogen-bond donors (Lipinski definition) is 0. The second-order valence-electron chi connectivity index (χ2n) is 7.88. The highest BCUT2D eigenvalue weighted by molar-refractivity contribution is 7.99. The first kappa shape index (κ1) is 21.0. The number of carbonyl (C=O) groups is 1. The minimum absolute atomic E-state index is 0.0395. The molecule has 9 nitrogen and oxygen atoms in total. The lowest BCUT2D eigenvalue weighted by atomic mass is 10.1. The third-order valence-electron chi connectivity index (χ3n) is 5.68. The average Bonchev–Trinajstić information content (AvgIpc) is 3.60. The smallest absolute Gasteiger partial charge is 0.273 e. The number of hydrogen-bond acceptors (Lipinski definition) is 8. The fourth-order valence-electron chi connectivity index (χ4n) is 4.09. The fraction of sp³-hybridized carbons (Fsp3) is 0.217. The second kappa shape index (κ2) is 8.33. The molecule has 6 rings (SSSR count). The Morgan fingerprint density at radius 3 is 3.00 bits per heavy atom. The summed E-state index contributed by atoms with van der Waals surface area (Å²) < 4.78 is 15.1. The predicted octanol–water partition coefficient (Wildman–Crippen LogP) is 3.57. The highest BCUT2D eigenvalue weighted by Gasteiger charge is 2.25. The van der Waals surface area contributed by atoms with E-state index in [1.807, 2.05) is 47.0 Å². The molecule has 0 unspecified atom stereocenters. The molecule has 11 heteroatoms. The van der Waals surface area contributed by atoms with Crippen LogP contribution in [-0.4, -0.2) is 44.0 Å². The molecule has 1 aliphatic rings. The molecule has 0 saturated heterocycles. The molecule has 172 valence electrons. The molecular formula is C23H19N5O4S2. The number of nitrogens with zero attached hydrogens (tertiary/aromatic N) is 5. The topological polar surface area (TPSA) is 94.9 Å². The molecule has 4 aromatic heterocycles. The van der Waals surface area contributed by atoms with E-state index in [0.717, 1.165) is 16.8 Å². The van der Waals surface area contributed by atoms with Crippen molar-refractivity contribution in [2.24, 2.45) is 0 Å². The van der Waals surface area contributed by atoms with Crippen molar-refractivity contribution in [1.82, 2.24) is 19.2 Å². The van der Waals surface area contributed by atoms with Crippen LogP contribution in [0.25, 0.3) is 16.0 Å². The number of fused-ring (bicyclic) bond motifs is 4. The molecule has 0 aliphatic carbocycles. The Morgan fingerprint density at radius 2 is 2.15 bits per heavy atom. The summed E-state index contributed by atoms with van der Waals surface area (Å²) in [5.74, 6) is 1.91. The van der Waals surface area contributed by atoms with Crippen molar-refractivity contribution >= 4 is 50.7 Å². The van der Waals surface area contributed by atoms with Crippen molar-refractivity contribution in [2.45, 2.75) is 18.6 Å². The summed E-state index contributed by atoms with van der Waals surface area (Å²) in [4.78, 5) is 28.1. The summed E-state index contributed by atoms with van der Waals surface area (Å²) in [7, 11) is 0. The maximum atomic E-state index is 13.2. The number of carbonyl (C=O) groups excluding carboxylic acids is 1. The highest BCUT2D eigenvalue weighted by Crippen LogP contribution is 2.33. The zero-order valence-corrected chi connectivity index (χ0v) is 19.8. The van der Waals surface area contributed by atoms with E-state index in [2.05, 4.69) is 10.2 Å². The molecule has 0 bridgehead atoms. The van der Waals surface area contributed by atoms with Gasteiger partial charge in [0.1, 0.15) is 22.8 Å². The van der Waals surface area contributed by atoms with E-state index < -0.39 is 0 Å². The van der Waals surface area contributed by atoms with Crippen LogP contribution in [0.4, 0.5) is 5.69 Å². The van der Waals surface area contributed by atoms with Gasteiger partial charge in [-0.15, -0.1) is 21.5 Å². The number of anilines is 1. The average molecular weight is 494 g/mol. The van der Waals surface area contributed by atoms with Crippen molar-refractivity contribution in [2.75, 3.05) is 23.8 Å². The number of furan rings is 1. The molecule has 34 heavy (non-hydrogen) atoms. The van der Waals surface area contributed by atoms with Crippen LogP contribution in [0.15, 0.2) is 62.4 Å². The number of rotatable bonds is 5. The lowest BCUT2D eigenvalue weighted by Gasteiger charge is -2.29. The van der Waals surface area contributed by atoms with Gasteiger partial charge in [-0.1, -0.05) is 17.8 Å². The Labute approximate surface area is 201 Å². The minimum Gasteiger partial charge on any atom is -0.490 e. The fourth-order valence-corrected chi connectivity index (χ4v) is 5.73. The zero-order valence-electron chi connectivity index (χ0n) is 18.1. The summed E-state index contributed by atoms with van der Waals surface area (Å²) in [6, 6.07) is 11.3. The number of aromatic nitrogens is 4. The predicted molar refractivity (Wildman–Crippen MR) is 130 cm³/mol. The van der Waals surface area contributed by atoms with E-state index in [0.29, 0.717) is 40.3 Å². The van der Waals surface area contributed by atoms with E-state index in [4.69, 9.17) is 9.15 Å². The van der Waals surface area contributed by atoms with Crippen LogP contribution >= 0.6 is 23.1 Å². The van der Waals surface area contributed by atoms with Gasteiger partial charge < -0.3 is 14.1 Å². The SMILES string of the molecule is Cc1ccc2c(c1)N(C(=O)CSc1nnc3n(Cc4ccco4)c(=O)c4sccc4n13)CCO2. The third-order valence-corrected chi connectivity index (χ3v) is 7.49. The molecule has 5 heterocycles. The van der Waals surface area contributed by atoms with Crippen molar-refractivity contribution in [1.29, 1.82) is 0 Å². The van der Waals surface area contributed by atoms with Gasteiger partial charge in [-0.2, -0.15) is 0 Å². The molecule has 0 spiro atoms. The van der Waals surface area contributed by atoms with Crippen LogP contribution in [0.5, 0.6) is 5.75 Å². The van der Waals surface area contributed by atoms with Gasteiger partial charge in [0.25, 0.3) is 5.56 Å². The quantitative estimate of drug-likeness (QED) is 0.346. The van der Waals surface area contributed by atoms with E-state index in [1.54, 1.807) is 21.8 Å². The van der Waals surface area contributed by atoms with Gasteiger partial charge in [0.05, 0.1) is 36.3 Å². The number of aryl methyl sites for hydroxylation is 1. The standard InChI is InChI=1S/C23H19N5O4S2/c1-14-4-5-18-17(11-14)26(7-9-32-18)19(29)13-34-23-25-24-22-27(12-15-3-2-8-31-15)21(30)20-16(28(22)23)6-10-33-20/h2-6,8,10-11H,7,9,12-13H2,1H3. The normalized spacial score (nSPS) is 13.4. The maximum Gasteiger partial charge on any atom is 0.273 e. The number of amides is 1. The van der Waals surface area contributed by atoms with Crippen LogP contribution in [0.1, 0.15) is 11.3 Å². The lowest BCUT2D eigenvalue weighted by molar-refractivity contribution is -0.116. The molecule has 0 radical (unpaired) electrons. The Morgan fingerprint density at radius 1 is 1.24 bits per heavy atom. The van der Waals surface area contributed by atoms with Crippen molar-refractivity contribution in [3.63, 3.8) is 0 Å². The molecule has 0 N–H and O–H groups in total. The molecular weight excluding hydrogens is 474 g/mol.